The van der Waals surface area contributed by atoms with Crippen molar-refractivity contribution in [3.05, 3.63) is 47.5 Å². The molecule has 0 amide bonds. The third kappa shape index (κ3) is 2.06. The third-order valence-corrected chi connectivity index (χ3v) is 2.73. The van der Waals surface area contributed by atoms with E-state index in [1.807, 2.05) is 13.8 Å². The Morgan fingerprint density at radius 3 is 2.57 bits per heavy atom. The van der Waals surface area contributed by atoms with Gasteiger partial charge >= 0.3 is 0 Å². The SMILES string of the molecule is C=C(C)C1CCc2ccccc21.CC. The fourth-order valence-corrected chi connectivity index (χ4v) is 2.07. The molecule has 1 aliphatic rings. The number of fused-ring (bicyclic) bond motifs is 1. The maximum absolute atomic E-state index is 4.04. The number of aryl methyl sites for hydroxylation is 1. The van der Waals surface area contributed by atoms with Gasteiger partial charge in [-0.05, 0) is 30.9 Å². The Bertz CT molecular complexity index is 310. The maximum atomic E-state index is 4.04. The molecule has 1 aromatic rings. The van der Waals surface area contributed by atoms with Crippen LogP contribution in [-0.2, 0) is 6.42 Å². The smallest absolute Gasteiger partial charge is 0.00486 e. The van der Waals surface area contributed by atoms with Crippen LogP contribution in [0, 0.1) is 0 Å². The van der Waals surface area contributed by atoms with E-state index in [4.69, 9.17) is 0 Å². The van der Waals surface area contributed by atoms with Crippen LogP contribution in [0.3, 0.4) is 0 Å². The van der Waals surface area contributed by atoms with Gasteiger partial charge in [0.15, 0.2) is 0 Å². The Morgan fingerprint density at radius 1 is 1.29 bits per heavy atom. The molecule has 2 rings (SSSR count). The average molecular weight is 188 g/mol. The zero-order chi connectivity index (χ0) is 10.6. The highest BCUT2D eigenvalue weighted by molar-refractivity contribution is 5.39. The topological polar surface area (TPSA) is 0 Å². The zero-order valence-electron chi connectivity index (χ0n) is 9.51. The molecule has 0 saturated carbocycles. The third-order valence-electron chi connectivity index (χ3n) is 2.73. The summed E-state index contributed by atoms with van der Waals surface area (Å²) in [5.74, 6) is 0.626. The number of hydrogen-bond acceptors (Lipinski definition) is 0. The van der Waals surface area contributed by atoms with Gasteiger partial charge in [0.1, 0.15) is 0 Å². The molecular weight excluding hydrogens is 168 g/mol. The van der Waals surface area contributed by atoms with Gasteiger partial charge in [0.25, 0.3) is 0 Å². The van der Waals surface area contributed by atoms with Crippen molar-refractivity contribution in [2.75, 3.05) is 0 Å². The van der Waals surface area contributed by atoms with Gasteiger partial charge in [-0.2, -0.15) is 0 Å². The van der Waals surface area contributed by atoms with Crippen LogP contribution in [0.25, 0.3) is 0 Å². The van der Waals surface area contributed by atoms with E-state index in [1.165, 1.54) is 29.5 Å². The van der Waals surface area contributed by atoms with Crippen molar-refractivity contribution in [3.63, 3.8) is 0 Å². The quantitative estimate of drug-likeness (QED) is 0.576. The largest absolute Gasteiger partial charge is 0.0995 e. The van der Waals surface area contributed by atoms with Crippen LogP contribution in [0.15, 0.2) is 36.4 Å². The van der Waals surface area contributed by atoms with E-state index in [2.05, 4.69) is 37.8 Å². The Kier molecular flexibility index (Phi) is 3.94. The first kappa shape index (κ1) is 11.0. The number of allylic oxidation sites excluding steroid dienone is 1. The van der Waals surface area contributed by atoms with Crippen LogP contribution in [0.2, 0.25) is 0 Å². The second-order valence-corrected chi connectivity index (χ2v) is 3.64. The molecule has 1 unspecified atom stereocenters. The van der Waals surface area contributed by atoms with Gasteiger partial charge in [-0.15, -0.1) is 0 Å². The predicted octanol–water partition coefficient (Wildman–Crippen LogP) is 4.32. The lowest BCUT2D eigenvalue weighted by Gasteiger charge is -2.09. The molecule has 1 aliphatic carbocycles. The number of rotatable bonds is 1. The molecule has 0 N–H and O–H groups in total. The summed E-state index contributed by atoms with van der Waals surface area (Å²) in [6, 6.07) is 8.72. The Morgan fingerprint density at radius 2 is 1.93 bits per heavy atom. The summed E-state index contributed by atoms with van der Waals surface area (Å²) < 4.78 is 0. The maximum Gasteiger partial charge on any atom is 0.00486 e. The van der Waals surface area contributed by atoms with Crippen molar-refractivity contribution >= 4 is 0 Å². The van der Waals surface area contributed by atoms with Crippen LogP contribution in [-0.4, -0.2) is 0 Å². The van der Waals surface area contributed by atoms with Gasteiger partial charge in [0, 0.05) is 5.92 Å². The molecule has 0 radical (unpaired) electrons. The molecule has 0 heteroatoms. The fourth-order valence-electron chi connectivity index (χ4n) is 2.07. The van der Waals surface area contributed by atoms with Gasteiger partial charge < -0.3 is 0 Å². The van der Waals surface area contributed by atoms with E-state index in [0.717, 1.165) is 0 Å². The fraction of sp³-hybridized carbons (Fsp3) is 0.429. The molecule has 0 nitrogen and oxygen atoms in total. The standard InChI is InChI=1S/C12H14.C2H6/c1-9(2)11-8-7-10-5-3-4-6-12(10)11;1-2/h3-6,11H,1,7-8H2,2H3;1-2H3. The molecule has 0 aliphatic heterocycles. The van der Waals surface area contributed by atoms with Gasteiger partial charge in [-0.3, -0.25) is 0 Å². The summed E-state index contributed by atoms with van der Waals surface area (Å²) in [4.78, 5) is 0. The van der Waals surface area contributed by atoms with Crippen molar-refractivity contribution in [2.24, 2.45) is 0 Å². The molecule has 1 aromatic carbocycles. The highest BCUT2D eigenvalue weighted by Crippen LogP contribution is 2.36. The first-order valence-corrected chi connectivity index (χ1v) is 5.52. The molecule has 0 saturated heterocycles. The van der Waals surface area contributed by atoms with E-state index in [1.54, 1.807) is 0 Å². The normalized spacial score (nSPS) is 18.1. The second-order valence-electron chi connectivity index (χ2n) is 3.64. The van der Waals surface area contributed by atoms with E-state index in [-0.39, 0.29) is 0 Å². The lowest BCUT2D eigenvalue weighted by Crippen LogP contribution is -1.92. The summed E-state index contributed by atoms with van der Waals surface area (Å²) in [6.45, 7) is 10.2. The summed E-state index contributed by atoms with van der Waals surface area (Å²) in [5, 5.41) is 0. The molecule has 0 aromatic heterocycles. The highest BCUT2D eigenvalue weighted by Gasteiger charge is 2.21. The number of benzene rings is 1. The molecule has 0 heterocycles. The molecule has 14 heavy (non-hydrogen) atoms. The van der Waals surface area contributed by atoms with Crippen LogP contribution >= 0.6 is 0 Å². The molecule has 0 fully saturated rings. The van der Waals surface area contributed by atoms with Crippen LogP contribution < -0.4 is 0 Å². The van der Waals surface area contributed by atoms with Crippen molar-refractivity contribution in [1.29, 1.82) is 0 Å². The Hall–Kier alpha value is -1.04. The predicted molar refractivity (Wildman–Crippen MR) is 63.7 cm³/mol. The minimum absolute atomic E-state index is 0.626. The van der Waals surface area contributed by atoms with E-state index < -0.39 is 0 Å². The van der Waals surface area contributed by atoms with Crippen molar-refractivity contribution in [1.82, 2.24) is 0 Å². The van der Waals surface area contributed by atoms with E-state index >= 15 is 0 Å². The van der Waals surface area contributed by atoms with Crippen LogP contribution in [0.1, 0.15) is 44.2 Å². The summed E-state index contributed by atoms with van der Waals surface area (Å²) in [7, 11) is 0. The van der Waals surface area contributed by atoms with Gasteiger partial charge in [-0.1, -0.05) is 50.3 Å². The highest BCUT2D eigenvalue weighted by atomic mass is 14.3. The van der Waals surface area contributed by atoms with E-state index in [9.17, 15) is 0 Å². The lowest BCUT2D eigenvalue weighted by atomic mass is 9.95. The van der Waals surface area contributed by atoms with Crippen molar-refractivity contribution in [3.8, 4) is 0 Å². The van der Waals surface area contributed by atoms with Crippen molar-refractivity contribution < 1.29 is 0 Å². The zero-order valence-corrected chi connectivity index (χ0v) is 9.51. The second kappa shape index (κ2) is 4.99. The van der Waals surface area contributed by atoms with Crippen molar-refractivity contribution in [2.45, 2.75) is 39.5 Å². The monoisotopic (exact) mass is 188 g/mol. The molecule has 1 atom stereocenters. The minimum atomic E-state index is 0.626. The lowest BCUT2D eigenvalue weighted by molar-refractivity contribution is 0.774. The molecule has 76 valence electrons. The molecule has 0 spiro atoms. The van der Waals surface area contributed by atoms with Gasteiger partial charge in [0.05, 0.1) is 0 Å². The first-order valence-electron chi connectivity index (χ1n) is 5.52. The minimum Gasteiger partial charge on any atom is -0.0995 e. The first-order chi connectivity index (χ1) is 6.79. The van der Waals surface area contributed by atoms with Crippen LogP contribution in [0.5, 0.6) is 0 Å². The summed E-state index contributed by atoms with van der Waals surface area (Å²) in [6.07, 6.45) is 2.49. The molecular formula is C14H20. The van der Waals surface area contributed by atoms with Crippen LogP contribution in [0.4, 0.5) is 0 Å². The Balaban J connectivity index is 0.000000461. The Labute approximate surface area is 87.7 Å². The summed E-state index contributed by atoms with van der Waals surface area (Å²) in [5.41, 5.74) is 4.33. The van der Waals surface area contributed by atoms with Gasteiger partial charge in [0.2, 0.25) is 0 Å². The molecule has 0 bridgehead atoms. The number of hydrogen-bond donors (Lipinski definition) is 0. The summed E-state index contributed by atoms with van der Waals surface area (Å²) >= 11 is 0. The van der Waals surface area contributed by atoms with Gasteiger partial charge in [-0.25, -0.2) is 0 Å². The average Bonchev–Trinajstić information content (AvgIpc) is 2.64. The van der Waals surface area contributed by atoms with E-state index in [0.29, 0.717) is 5.92 Å².